The number of hydrogen-bond acceptors (Lipinski definition) is 4. The minimum absolute atomic E-state index is 0.0259. The van der Waals surface area contributed by atoms with Crippen LogP contribution in [0.3, 0.4) is 0 Å². The lowest BCUT2D eigenvalue weighted by molar-refractivity contribution is -0.169. The summed E-state index contributed by atoms with van der Waals surface area (Å²) < 4.78 is 0.761. The smallest absolute Gasteiger partial charge is 0.220 e. The van der Waals surface area contributed by atoms with E-state index in [1.54, 1.807) is 11.3 Å². The van der Waals surface area contributed by atoms with Gasteiger partial charge in [0.1, 0.15) is 5.78 Å². The fourth-order valence-corrected chi connectivity index (χ4v) is 10.8. The molecule has 1 unspecified atom stereocenters. The van der Waals surface area contributed by atoms with E-state index in [-0.39, 0.29) is 28.9 Å². The van der Waals surface area contributed by atoms with Gasteiger partial charge in [-0.15, -0.1) is 11.3 Å². The molecule has 4 aliphatic rings. The van der Waals surface area contributed by atoms with E-state index in [1.807, 2.05) is 12.1 Å². The van der Waals surface area contributed by atoms with Gasteiger partial charge in [0.05, 0.1) is 16.5 Å². The van der Waals surface area contributed by atoms with Crippen molar-refractivity contribution in [2.45, 2.75) is 104 Å². The summed E-state index contributed by atoms with van der Waals surface area (Å²) in [4.78, 5) is 26.5. The van der Waals surface area contributed by atoms with Crippen molar-refractivity contribution in [3.8, 4) is 0 Å². The molecule has 200 valence electrons. The maximum atomic E-state index is 13.1. The molecule has 0 aromatic carbocycles. The lowest BCUT2D eigenvalue weighted by Gasteiger charge is -2.61. The van der Waals surface area contributed by atoms with E-state index in [2.05, 4.69) is 33.0 Å². The first-order valence-corrected chi connectivity index (χ1v) is 15.5. The van der Waals surface area contributed by atoms with Gasteiger partial charge in [-0.3, -0.25) is 9.59 Å². The Morgan fingerprint density at radius 1 is 1.19 bits per heavy atom. The molecule has 10 atom stereocenters. The van der Waals surface area contributed by atoms with Crippen LogP contribution in [0.1, 0.15) is 103 Å². The van der Waals surface area contributed by atoms with Gasteiger partial charge in [0.2, 0.25) is 5.91 Å². The Balaban J connectivity index is 1.27. The van der Waals surface area contributed by atoms with E-state index in [9.17, 15) is 14.7 Å². The maximum absolute atomic E-state index is 13.1. The van der Waals surface area contributed by atoms with Crippen molar-refractivity contribution < 1.29 is 14.7 Å². The van der Waals surface area contributed by atoms with Crippen molar-refractivity contribution in [1.82, 2.24) is 5.32 Å². The predicted octanol–water partition coefficient (Wildman–Crippen LogP) is 7.19. The number of hydrogen-bond donors (Lipinski definition) is 2. The van der Waals surface area contributed by atoms with Crippen molar-refractivity contribution in [2.75, 3.05) is 0 Å². The molecule has 0 bridgehead atoms. The summed E-state index contributed by atoms with van der Waals surface area (Å²) in [6, 6.07) is 3.95. The number of aliphatic hydroxyl groups excluding tert-OH is 1. The first-order chi connectivity index (χ1) is 17.1. The summed E-state index contributed by atoms with van der Waals surface area (Å²) in [6.07, 6.45) is 8.97. The van der Waals surface area contributed by atoms with Gasteiger partial charge in [-0.2, -0.15) is 0 Å². The molecule has 4 saturated carbocycles. The Bertz CT molecular complexity index is 995. The van der Waals surface area contributed by atoms with Gasteiger partial charge >= 0.3 is 0 Å². The molecule has 1 heterocycles. The summed E-state index contributed by atoms with van der Waals surface area (Å²) >= 11 is 7.68. The van der Waals surface area contributed by atoms with Gasteiger partial charge in [-0.1, -0.05) is 39.3 Å². The number of carbonyl (C=O) groups excluding carboxylic acids is 2. The lowest BCUT2D eigenvalue weighted by atomic mass is 9.44. The largest absolute Gasteiger partial charge is 0.393 e. The first kappa shape index (κ1) is 26.7. The van der Waals surface area contributed by atoms with Crippen molar-refractivity contribution in [3.63, 3.8) is 0 Å². The molecule has 1 aromatic rings. The minimum atomic E-state index is -0.288. The fraction of sp³-hybridized carbons (Fsp3) is 0.800. The molecule has 2 N–H and O–H groups in total. The van der Waals surface area contributed by atoms with Crippen molar-refractivity contribution >= 4 is 34.6 Å². The van der Waals surface area contributed by atoms with Gasteiger partial charge in [-0.05, 0) is 103 Å². The fourth-order valence-electron chi connectivity index (χ4n) is 9.57. The number of Topliss-reactive ketones (excluding diaryl/α,β-unsaturated/α-hetero) is 1. The van der Waals surface area contributed by atoms with E-state index < -0.39 is 0 Å². The van der Waals surface area contributed by atoms with Gasteiger partial charge in [0.25, 0.3) is 0 Å². The van der Waals surface area contributed by atoms with Crippen molar-refractivity contribution in [3.05, 3.63) is 21.3 Å². The van der Waals surface area contributed by atoms with E-state index >= 15 is 0 Å². The second-order valence-corrected chi connectivity index (χ2v) is 14.9. The van der Waals surface area contributed by atoms with Crippen LogP contribution in [0.15, 0.2) is 12.1 Å². The highest BCUT2D eigenvalue weighted by Crippen LogP contribution is 2.68. The highest BCUT2D eigenvalue weighted by Gasteiger charge is 2.62. The van der Waals surface area contributed by atoms with Gasteiger partial charge < -0.3 is 10.4 Å². The maximum Gasteiger partial charge on any atom is 0.220 e. The van der Waals surface area contributed by atoms with E-state index in [0.29, 0.717) is 54.1 Å². The zero-order valence-corrected chi connectivity index (χ0v) is 24.0. The van der Waals surface area contributed by atoms with E-state index in [0.717, 1.165) is 54.2 Å². The molecule has 6 heteroatoms. The SMILES string of the molecule is CC[C@H](NC(=O)C[C@@H](C)C1CC[C@H]2[C@@H]3[C@H](O)C[C@@H]4CC(=O)CC[C@]4(C)[C@H]3CC[C@]12C)c1ccc(Cl)s1. The van der Waals surface area contributed by atoms with E-state index in [1.165, 1.54) is 6.42 Å². The summed E-state index contributed by atoms with van der Waals surface area (Å²) in [7, 11) is 0. The van der Waals surface area contributed by atoms with E-state index in [4.69, 9.17) is 11.6 Å². The number of ketones is 1. The Kier molecular flexibility index (Phi) is 7.41. The Labute approximate surface area is 226 Å². The number of halogens is 1. The molecule has 1 aromatic heterocycles. The molecule has 0 radical (unpaired) electrons. The van der Waals surface area contributed by atoms with Crippen molar-refractivity contribution in [1.29, 1.82) is 0 Å². The predicted molar refractivity (Wildman–Crippen MR) is 146 cm³/mol. The highest BCUT2D eigenvalue weighted by atomic mass is 35.5. The molecular formula is C30H44ClNO3S. The molecular weight excluding hydrogens is 490 g/mol. The number of aliphatic hydroxyl groups is 1. The Hall–Kier alpha value is -0.910. The number of carbonyl (C=O) groups is 2. The summed E-state index contributed by atoms with van der Waals surface area (Å²) in [5.74, 6) is 3.10. The number of thiophene rings is 1. The first-order valence-electron chi connectivity index (χ1n) is 14.3. The second-order valence-electron chi connectivity index (χ2n) is 13.1. The lowest BCUT2D eigenvalue weighted by Crippen LogP contribution is -2.58. The summed E-state index contributed by atoms with van der Waals surface area (Å²) in [6.45, 7) is 9.27. The Morgan fingerprint density at radius 2 is 1.94 bits per heavy atom. The topological polar surface area (TPSA) is 66.4 Å². The number of nitrogens with one attached hydrogen (secondary N) is 1. The normalized spacial score (nSPS) is 41.7. The zero-order valence-electron chi connectivity index (χ0n) is 22.4. The average molecular weight is 534 g/mol. The number of amides is 1. The second kappa shape index (κ2) is 10.0. The number of rotatable bonds is 6. The summed E-state index contributed by atoms with van der Waals surface area (Å²) in [5, 5.41) is 14.7. The summed E-state index contributed by atoms with van der Waals surface area (Å²) in [5.41, 5.74) is 0.379. The van der Waals surface area contributed by atoms with Crippen LogP contribution in [0.5, 0.6) is 0 Å². The highest BCUT2D eigenvalue weighted by molar-refractivity contribution is 7.16. The third-order valence-electron chi connectivity index (χ3n) is 11.4. The van der Waals surface area contributed by atoms with Crippen LogP contribution in [0, 0.1) is 46.3 Å². The monoisotopic (exact) mass is 533 g/mol. The quantitative estimate of drug-likeness (QED) is 0.406. The zero-order chi connectivity index (χ0) is 25.8. The third kappa shape index (κ3) is 4.49. The minimum Gasteiger partial charge on any atom is -0.393 e. The molecule has 0 spiro atoms. The van der Waals surface area contributed by atoms with Crippen molar-refractivity contribution in [2.24, 2.45) is 46.3 Å². The molecule has 0 saturated heterocycles. The molecule has 4 nitrogen and oxygen atoms in total. The number of fused-ring (bicyclic) bond motifs is 5. The van der Waals surface area contributed by atoms with Crippen LogP contribution in [-0.2, 0) is 9.59 Å². The van der Waals surface area contributed by atoms with Crippen LogP contribution in [-0.4, -0.2) is 22.9 Å². The molecule has 0 aliphatic heterocycles. The molecule has 36 heavy (non-hydrogen) atoms. The standard InChI is InChI=1S/C30H44ClNO3S/c1-5-23(25-8-9-26(31)36-25)32-27(35)14-17(2)20-6-7-21-28-22(11-13-30(20,21)4)29(3)12-10-19(33)15-18(29)16-24(28)34/h8-9,17-18,20-24,28,34H,5-7,10-16H2,1-4H3,(H,32,35)/t17-,18+,20?,21+,22+,23+,24-,28+,29+,30-/m1/s1. The molecule has 1 amide bonds. The van der Waals surface area contributed by atoms with Crippen LogP contribution >= 0.6 is 22.9 Å². The van der Waals surface area contributed by atoms with Gasteiger partial charge in [0.15, 0.2) is 0 Å². The van der Waals surface area contributed by atoms with Crippen LogP contribution in [0.4, 0.5) is 0 Å². The van der Waals surface area contributed by atoms with Crippen LogP contribution < -0.4 is 5.32 Å². The third-order valence-corrected chi connectivity index (χ3v) is 12.8. The van der Waals surface area contributed by atoms with Crippen LogP contribution in [0.2, 0.25) is 4.34 Å². The average Bonchev–Trinajstić information content (AvgIpc) is 3.41. The van der Waals surface area contributed by atoms with Crippen LogP contribution in [0.25, 0.3) is 0 Å². The molecule has 5 rings (SSSR count). The molecule has 4 fully saturated rings. The molecule has 4 aliphatic carbocycles. The Morgan fingerprint density at radius 3 is 2.64 bits per heavy atom. The van der Waals surface area contributed by atoms with Gasteiger partial charge in [0, 0.05) is 24.1 Å². The van der Waals surface area contributed by atoms with Gasteiger partial charge in [-0.25, -0.2) is 0 Å².